The topological polar surface area (TPSA) is 110 Å². The zero-order chi connectivity index (χ0) is 14.8. The number of benzene rings is 1. The summed E-state index contributed by atoms with van der Waals surface area (Å²) in [5.74, 6) is -0.446. The summed E-state index contributed by atoms with van der Waals surface area (Å²) in [6.07, 6.45) is 3.74. The first kappa shape index (κ1) is 14.6. The molecule has 7 nitrogen and oxygen atoms in total. The largest absolute Gasteiger partial charge is 0.505 e. The number of nitrogens with one attached hydrogen (secondary N) is 1. The summed E-state index contributed by atoms with van der Waals surface area (Å²) >= 11 is 0. The highest BCUT2D eigenvalue weighted by molar-refractivity contribution is 7.93. The van der Waals surface area contributed by atoms with Crippen molar-refractivity contribution in [2.45, 2.75) is 37.4 Å². The van der Waals surface area contributed by atoms with E-state index < -0.39 is 31.6 Å². The number of para-hydroxylation sites is 1. The molecule has 0 aromatic heterocycles. The quantitative estimate of drug-likeness (QED) is 0.504. The van der Waals surface area contributed by atoms with Crippen LogP contribution in [0, 0.1) is 10.1 Å². The van der Waals surface area contributed by atoms with Gasteiger partial charge in [-0.3, -0.25) is 14.8 Å². The molecule has 1 saturated carbocycles. The summed E-state index contributed by atoms with van der Waals surface area (Å²) in [6, 6.07) is 3.66. The van der Waals surface area contributed by atoms with Gasteiger partial charge in [-0.15, -0.1) is 0 Å². The number of hydrogen-bond donors (Lipinski definition) is 2. The van der Waals surface area contributed by atoms with Crippen molar-refractivity contribution in [3.8, 4) is 5.75 Å². The number of nitro groups is 1. The van der Waals surface area contributed by atoms with Crippen LogP contribution in [0.4, 0.5) is 11.4 Å². The Morgan fingerprint density at radius 2 is 1.90 bits per heavy atom. The highest BCUT2D eigenvalue weighted by Gasteiger charge is 2.30. The van der Waals surface area contributed by atoms with Gasteiger partial charge in [-0.25, -0.2) is 8.42 Å². The van der Waals surface area contributed by atoms with E-state index in [2.05, 4.69) is 4.72 Å². The molecule has 110 valence electrons. The Kier molecular flexibility index (Phi) is 4.12. The lowest BCUT2D eigenvalue weighted by Gasteiger charge is -2.22. The Morgan fingerprint density at radius 1 is 1.25 bits per heavy atom. The van der Waals surface area contributed by atoms with Crippen LogP contribution in [0.3, 0.4) is 0 Å². The van der Waals surface area contributed by atoms with Gasteiger partial charge >= 0.3 is 0 Å². The highest BCUT2D eigenvalue weighted by atomic mass is 32.2. The second-order valence-corrected chi connectivity index (χ2v) is 6.80. The van der Waals surface area contributed by atoms with Crippen molar-refractivity contribution in [3.63, 3.8) is 0 Å². The smallest absolute Gasteiger partial charge is 0.297 e. The lowest BCUT2D eigenvalue weighted by Crippen LogP contribution is -2.30. The number of nitro benzene ring substituents is 1. The van der Waals surface area contributed by atoms with Crippen LogP contribution in [0.1, 0.15) is 32.1 Å². The third-order valence-electron chi connectivity index (χ3n) is 3.45. The monoisotopic (exact) mass is 300 g/mol. The molecule has 0 saturated heterocycles. The van der Waals surface area contributed by atoms with Crippen molar-refractivity contribution in [2.75, 3.05) is 4.72 Å². The third-order valence-corrected chi connectivity index (χ3v) is 5.29. The van der Waals surface area contributed by atoms with Crippen LogP contribution in [0.5, 0.6) is 5.75 Å². The molecule has 2 N–H and O–H groups in total. The summed E-state index contributed by atoms with van der Waals surface area (Å²) in [6.45, 7) is 0. The molecule has 0 unspecified atom stereocenters. The number of phenols is 1. The molecule has 0 radical (unpaired) electrons. The number of nitrogens with zero attached hydrogens (tertiary/aromatic N) is 1. The molecule has 1 aliphatic carbocycles. The summed E-state index contributed by atoms with van der Waals surface area (Å²) in [5.41, 5.74) is -0.813. The van der Waals surface area contributed by atoms with Gasteiger partial charge in [-0.1, -0.05) is 25.3 Å². The van der Waals surface area contributed by atoms with Crippen LogP contribution in [0.25, 0.3) is 0 Å². The Balaban J connectivity index is 2.31. The van der Waals surface area contributed by atoms with E-state index in [0.717, 1.165) is 25.3 Å². The maximum Gasteiger partial charge on any atom is 0.297 e. The fourth-order valence-corrected chi connectivity index (χ4v) is 4.00. The zero-order valence-corrected chi connectivity index (χ0v) is 11.6. The van der Waals surface area contributed by atoms with Crippen molar-refractivity contribution in [1.82, 2.24) is 0 Å². The Labute approximate surface area is 116 Å². The molecule has 1 aromatic carbocycles. The summed E-state index contributed by atoms with van der Waals surface area (Å²) in [4.78, 5) is 10.2. The van der Waals surface area contributed by atoms with E-state index in [4.69, 9.17) is 0 Å². The Hall–Kier alpha value is -1.83. The maximum atomic E-state index is 12.2. The van der Waals surface area contributed by atoms with E-state index in [1.165, 1.54) is 12.1 Å². The number of sulfonamides is 1. The second-order valence-electron chi connectivity index (χ2n) is 4.84. The minimum atomic E-state index is -3.73. The SMILES string of the molecule is O=[N+]([O-])c1cccc(O)c1NS(=O)(=O)C1CCCCC1. The lowest BCUT2D eigenvalue weighted by atomic mass is 10.0. The Morgan fingerprint density at radius 3 is 2.50 bits per heavy atom. The lowest BCUT2D eigenvalue weighted by molar-refractivity contribution is -0.383. The van der Waals surface area contributed by atoms with E-state index in [1.807, 2.05) is 0 Å². The van der Waals surface area contributed by atoms with Gasteiger partial charge < -0.3 is 5.11 Å². The molecule has 8 heteroatoms. The van der Waals surface area contributed by atoms with Crippen molar-refractivity contribution in [3.05, 3.63) is 28.3 Å². The van der Waals surface area contributed by atoms with Gasteiger partial charge in [-0.05, 0) is 18.9 Å². The van der Waals surface area contributed by atoms with Gasteiger partial charge in [0.2, 0.25) is 10.0 Å². The molecular weight excluding hydrogens is 284 g/mol. The van der Waals surface area contributed by atoms with Crippen molar-refractivity contribution in [2.24, 2.45) is 0 Å². The molecule has 1 aliphatic rings. The molecule has 0 bridgehead atoms. The van der Waals surface area contributed by atoms with Crippen molar-refractivity contribution >= 4 is 21.4 Å². The number of hydrogen-bond acceptors (Lipinski definition) is 5. The summed E-state index contributed by atoms with van der Waals surface area (Å²) < 4.78 is 26.7. The molecular formula is C12H16N2O5S. The van der Waals surface area contributed by atoms with Crippen molar-refractivity contribution < 1.29 is 18.4 Å². The Bertz CT molecular complexity index is 608. The fraction of sp³-hybridized carbons (Fsp3) is 0.500. The number of aromatic hydroxyl groups is 1. The molecule has 0 amide bonds. The first-order chi connectivity index (χ1) is 9.42. The minimum Gasteiger partial charge on any atom is -0.505 e. The predicted octanol–water partition coefficient (Wildman–Crippen LogP) is 2.37. The molecule has 0 spiro atoms. The van der Waals surface area contributed by atoms with E-state index in [9.17, 15) is 23.6 Å². The molecule has 2 rings (SSSR count). The first-order valence-corrected chi connectivity index (χ1v) is 7.94. The van der Waals surface area contributed by atoms with Gasteiger partial charge in [0.1, 0.15) is 5.75 Å². The minimum absolute atomic E-state index is 0.358. The molecule has 0 atom stereocenters. The molecule has 1 fully saturated rings. The van der Waals surface area contributed by atoms with Crippen molar-refractivity contribution in [1.29, 1.82) is 0 Å². The molecule has 0 aliphatic heterocycles. The van der Waals surface area contributed by atoms with E-state index >= 15 is 0 Å². The van der Waals surface area contributed by atoms with E-state index in [0.29, 0.717) is 12.8 Å². The van der Waals surface area contributed by atoms with E-state index in [-0.39, 0.29) is 5.69 Å². The third kappa shape index (κ3) is 3.01. The average molecular weight is 300 g/mol. The number of rotatable bonds is 4. The van der Waals surface area contributed by atoms with Gasteiger partial charge in [0, 0.05) is 6.07 Å². The molecule has 0 heterocycles. The maximum absolute atomic E-state index is 12.2. The van der Waals surface area contributed by atoms with Gasteiger partial charge in [0.15, 0.2) is 5.69 Å². The zero-order valence-electron chi connectivity index (χ0n) is 10.8. The molecule has 1 aromatic rings. The van der Waals surface area contributed by atoms with Crippen LogP contribution in [-0.4, -0.2) is 23.7 Å². The average Bonchev–Trinajstić information content (AvgIpc) is 2.41. The van der Waals surface area contributed by atoms with Crippen LogP contribution < -0.4 is 4.72 Å². The van der Waals surface area contributed by atoms with Crippen LogP contribution in [-0.2, 0) is 10.0 Å². The predicted molar refractivity (Wildman–Crippen MR) is 74.2 cm³/mol. The number of phenolic OH excluding ortho intramolecular Hbond substituents is 1. The van der Waals surface area contributed by atoms with Gasteiger partial charge in [0.25, 0.3) is 5.69 Å². The van der Waals surface area contributed by atoms with Gasteiger partial charge in [0.05, 0.1) is 10.2 Å². The highest BCUT2D eigenvalue weighted by Crippen LogP contribution is 2.35. The summed E-state index contributed by atoms with van der Waals surface area (Å²) in [7, 11) is -3.73. The van der Waals surface area contributed by atoms with Crippen LogP contribution >= 0.6 is 0 Å². The van der Waals surface area contributed by atoms with Crippen LogP contribution in [0.15, 0.2) is 18.2 Å². The normalized spacial score (nSPS) is 16.8. The van der Waals surface area contributed by atoms with Gasteiger partial charge in [-0.2, -0.15) is 0 Å². The number of anilines is 1. The first-order valence-electron chi connectivity index (χ1n) is 6.40. The van der Waals surface area contributed by atoms with Crippen LogP contribution in [0.2, 0.25) is 0 Å². The standard InChI is InChI=1S/C12H16N2O5S/c15-11-8-4-7-10(14(16)17)12(11)13-20(18,19)9-5-2-1-3-6-9/h4,7-9,13,15H,1-3,5-6H2. The van der Waals surface area contributed by atoms with E-state index in [1.54, 1.807) is 0 Å². The molecule has 20 heavy (non-hydrogen) atoms. The second kappa shape index (κ2) is 5.66. The fourth-order valence-electron chi connectivity index (χ4n) is 2.39. The summed E-state index contributed by atoms with van der Waals surface area (Å²) in [5, 5.41) is 20.0.